The average Bonchev–Trinajstić information content (AvgIpc) is 1.52. The number of aliphatic carboxylic acids is 2. The molecule has 8 N–H and O–H groups in total. The van der Waals surface area contributed by atoms with Crippen LogP contribution in [0.2, 0.25) is 5.02 Å². The largest absolute Gasteiger partial charge is 0.477 e. The second kappa shape index (κ2) is 35.3. The summed E-state index contributed by atoms with van der Waals surface area (Å²) in [6.45, 7) is 9.42. The number of β-lactam (4-membered cyclic amide) rings is 2. The first-order valence-electron chi connectivity index (χ1n) is 33.4. The van der Waals surface area contributed by atoms with Gasteiger partial charge in [0.05, 0.1) is 75.7 Å². The van der Waals surface area contributed by atoms with Crippen molar-refractivity contribution in [2.24, 2.45) is 23.7 Å². The van der Waals surface area contributed by atoms with Gasteiger partial charge in [-0.25, -0.2) is 14.6 Å². The number of nitrogens with one attached hydrogen (secondary N) is 4. The number of fused-ring (bicyclic) bond motifs is 5. The summed E-state index contributed by atoms with van der Waals surface area (Å²) in [5, 5.41) is 57.1. The van der Waals surface area contributed by atoms with E-state index in [1.807, 2.05) is 47.9 Å². The molecule has 6 fully saturated rings. The number of aliphatic hydroxyl groups is 2. The summed E-state index contributed by atoms with van der Waals surface area (Å²) in [7, 11) is 1.59. The fourth-order valence-corrected chi connectivity index (χ4v) is 20.1. The molecular formula is C71H86ClN11O18S5. The number of methoxy groups -OCH3 is 1. The van der Waals surface area contributed by atoms with Crippen LogP contribution in [-0.4, -0.2) is 185 Å². The van der Waals surface area contributed by atoms with Crippen molar-refractivity contribution in [3.05, 3.63) is 101 Å². The van der Waals surface area contributed by atoms with Gasteiger partial charge >= 0.3 is 11.9 Å². The molecule has 106 heavy (non-hydrogen) atoms. The first-order valence-corrected chi connectivity index (χ1v) is 38.1. The number of carboxylic acid groups (broad SMARTS) is 2. The Morgan fingerprint density at radius 1 is 0.604 bits per heavy atom. The smallest absolute Gasteiger partial charge is 0.353 e. The van der Waals surface area contributed by atoms with Crippen LogP contribution in [0.25, 0.3) is 27.3 Å². The Hall–Kier alpha value is -8.09. The van der Waals surface area contributed by atoms with Crippen LogP contribution < -0.4 is 26.8 Å². The molecule has 2 aromatic carbocycles. The molecule has 0 saturated carbocycles. The number of hydrogen-bond donors (Lipinski definition) is 8. The maximum atomic E-state index is 13.3. The number of imide groups is 4. The van der Waals surface area contributed by atoms with Gasteiger partial charge in [0.25, 0.3) is 5.56 Å². The average molecular weight is 1580 g/mol. The maximum absolute atomic E-state index is 13.3. The van der Waals surface area contributed by atoms with E-state index in [1.54, 1.807) is 49.0 Å². The van der Waals surface area contributed by atoms with Crippen LogP contribution in [0, 0.1) is 30.6 Å². The molecule has 6 saturated heterocycles. The molecule has 14 rings (SSSR count). The molecule has 570 valence electrons. The van der Waals surface area contributed by atoms with E-state index in [4.69, 9.17) is 21.3 Å². The quantitative estimate of drug-likeness (QED) is 0.0265. The molecule has 8 aliphatic heterocycles. The number of carbonyl (C=O) groups is 12. The molecule has 0 radical (unpaired) electrons. The van der Waals surface area contributed by atoms with Crippen LogP contribution in [-0.2, 0) is 81.7 Å². The second-order valence-corrected chi connectivity index (χ2v) is 32.3. The lowest BCUT2D eigenvalue weighted by Gasteiger charge is -2.46. The summed E-state index contributed by atoms with van der Waals surface area (Å²) >= 11 is 12.4. The summed E-state index contributed by atoms with van der Waals surface area (Å²) in [5.74, 6) is -7.05. The molecule has 3 aromatic heterocycles. The number of carbonyl (C=O) groups excluding carboxylic acids is 10. The van der Waals surface area contributed by atoms with E-state index < -0.39 is 87.4 Å². The number of benzene rings is 2. The fourth-order valence-electron chi connectivity index (χ4n) is 13.8. The van der Waals surface area contributed by atoms with Gasteiger partial charge < -0.3 is 35.0 Å². The van der Waals surface area contributed by atoms with Crippen molar-refractivity contribution >= 4 is 151 Å². The van der Waals surface area contributed by atoms with Gasteiger partial charge in [0.15, 0.2) is 16.1 Å². The molecule has 9 aliphatic rings. The van der Waals surface area contributed by atoms with Crippen molar-refractivity contribution < 1.29 is 82.7 Å². The minimum Gasteiger partial charge on any atom is -0.477 e. The molecule has 0 bridgehead atoms. The number of nitrogens with zero attached hydrogens (tertiary/aromatic N) is 7. The van der Waals surface area contributed by atoms with Crippen LogP contribution in [0.15, 0.2) is 84.8 Å². The number of aryl methyl sites for hydroxylation is 3. The Kier molecular flexibility index (Phi) is 27.8. The molecule has 35 heteroatoms. The van der Waals surface area contributed by atoms with E-state index in [9.17, 15) is 82.8 Å². The highest BCUT2D eigenvalue weighted by Crippen LogP contribution is 2.54. The third kappa shape index (κ3) is 17.2. The van der Waals surface area contributed by atoms with E-state index in [-0.39, 0.29) is 105 Å². The fraction of sp³-hybridized carbons (Fsp3) is 0.493. The standard InChI is InChI=1S/C20H17ClN4O2S.C18H21N3O4S2.2C15H18N2O6S.3CH4/c1-12-2-4-13(5-3-12)18-23-24-20(25(18)15-8-6-14(21)7-9-15)28-16-10-11-17(26)22-19(16)27;1-25-9-8-21-17(24)14-10-4-2-3-5-11(10)26-16(14)20-18(21)27-12-6-7-13(22)19-15(12)23;2*1-5-10-9(6(2)18)14(21)17(10)11(15(22)23)12(5)24-7-3-4-8(19)16-13(7)20;;;/h2-9,16H,10-11H2,1H3,(H,22,26,27);12H,2-9H2,1H3,(H,19,22,23);2*5-7,9-10,18H,3-4H2,1-2H3,(H,22,23)(H,16,19,20);3*1H4/t;;5-,6-,7+,9-,10-;5-,6-,7-,9-,10-;;;/m..11.../s1. The first-order chi connectivity index (χ1) is 49.1. The summed E-state index contributed by atoms with van der Waals surface area (Å²) in [6, 6.07) is 14.6. The van der Waals surface area contributed by atoms with E-state index in [1.165, 1.54) is 52.0 Å². The van der Waals surface area contributed by atoms with Gasteiger partial charge in [0.1, 0.15) is 16.2 Å². The van der Waals surface area contributed by atoms with E-state index >= 15 is 0 Å². The lowest BCUT2D eigenvalue weighted by Crippen LogP contribution is -2.63. The van der Waals surface area contributed by atoms with Crippen molar-refractivity contribution in [1.29, 1.82) is 0 Å². The van der Waals surface area contributed by atoms with Gasteiger partial charge in [-0.2, -0.15) is 0 Å². The van der Waals surface area contributed by atoms with Gasteiger partial charge in [0, 0.05) is 75.6 Å². The van der Waals surface area contributed by atoms with Crippen LogP contribution in [0.4, 0.5) is 0 Å². The van der Waals surface area contributed by atoms with Gasteiger partial charge in [-0.1, -0.05) is 101 Å². The minimum absolute atomic E-state index is 0. The minimum atomic E-state index is -1.23. The zero-order valence-corrected chi connectivity index (χ0v) is 61.3. The normalized spacial score (nSPS) is 24.9. The van der Waals surface area contributed by atoms with Crippen molar-refractivity contribution in [2.75, 3.05) is 13.7 Å². The predicted molar refractivity (Wildman–Crippen MR) is 400 cm³/mol. The third-order valence-electron chi connectivity index (χ3n) is 19.0. The lowest BCUT2D eigenvalue weighted by molar-refractivity contribution is -0.163. The zero-order chi connectivity index (χ0) is 74.2. The number of thiophene rings is 1. The van der Waals surface area contributed by atoms with Gasteiger partial charge in [-0.15, -0.1) is 45.1 Å². The van der Waals surface area contributed by atoms with Crippen LogP contribution >= 0.6 is 70.0 Å². The lowest BCUT2D eigenvalue weighted by atomic mass is 9.79. The topological polar surface area (TPSA) is 415 Å². The van der Waals surface area contributed by atoms with Crippen molar-refractivity contribution in [3.8, 4) is 17.1 Å². The van der Waals surface area contributed by atoms with E-state index in [0.717, 1.165) is 81.8 Å². The Morgan fingerprint density at radius 3 is 1.44 bits per heavy atom. The SMILES string of the molecule is C.C.C.COCCn1c(SC2CCC(=O)NC2=O)nc2sc3c(c2c1=O)CCCC3.C[C@@H](O)[C@H]1C(=O)N2C(C(=O)O)=C(S[C@@H]3CCC(=O)NC3=O)[C@H](C)[C@H]12.C[C@@H](O)[C@H]1C(=O)N2C(C(=O)O)=C(S[C@H]3CCC(=O)NC3=O)[C@H](C)[C@H]12.Cc1ccc(-c2nnc(SC3CCC(=O)NC3=O)n2-c2ccc(Cl)cc2)cc1. The van der Waals surface area contributed by atoms with Crippen LogP contribution in [0.1, 0.15) is 130 Å². The summed E-state index contributed by atoms with van der Waals surface area (Å²) in [5.41, 5.74) is 3.81. The van der Waals surface area contributed by atoms with Gasteiger partial charge in [-0.3, -0.25) is 83.1 Å². The first kappa shape index (κ1) is 83.5. The molecule has 29 nitrogen and oxygen atoms in total. The Balaban J connectivity index is 0.000000177. The zero-order valence-electron chi connectivity index (χ0n) is 56.5. The van der Waals surface area contributed by atoms with Crippen molar-refractivity contribution in [3.63, 3.8) is 0 Å². The number of hydrogen-bond acceptors (Lipinski definition) is 24. The predicted octanol–water partition coefficient (Wildman–Crippen LogP) is 6.94. The Morgan fingerprint density at radius 2 is 1.03 bits per heavy atom. The monoisotopic (exact) mass is 1580 g/mol. The van der Waals surface area contributed by atoms with Crippen LogP contribution in [0.3, 0.4) is 0 Å². The molecule has 11 heterocycles. The number of carboxylic acids is 2. The number of ether oxygens (including phenoxy) is 1. The highest BCUT2D eigenvalue weighted by atomic mass is 35.5. The van der Waals surface area contributed by atoms with Crippen molar-refractivity contribution in [2.45, 2.75) is 196 Å². The van der Waals surface area contributed by atoms with Crippen molar-refractivity contribution in [1.82, 2.24) is 55.4 Å². The Labute approximate surface area is 637 Å². The number of amides is 10. The Bertz CT molecular complexity index is 4330. The second-order valence-electron chi connectivity index (χ2n) is 26.0. The van der Waals surface area contributed by atoms with Crippen LogP contribution in [0.5, 0.6) is 0 Å². The van der Waals surface area contributed by atoms with E-state index in [0.29, 0.717) is 82.6 Å². The number of aliphatic hydroxyl groups excluding tert-OH is 2. The molecule has 0 spiro atoms. The number of halogens is 1. The number of rotatable bonds is 17. The summed E-state index contributed by atoms with van der Waals surface area (Å²) in [4.78, 5) is 165. The van der Waals surface area contributed by atoms with Gasteiger partial charge in [-0.05, 0) is 102 Å². The molecule has 12 atom stereocenters. The molecule has 2 unspecified atom stereocenters. The molecular weight excluding hydrogens is 1490 g/mol. The number of piperidine rings is 4. The maximum Gasteiger partial charge on any atom is 0.353 e. The number of thioether (sulfide) groups is 4. The molecule has 1 aliphatic carbocycles. The third-order valence-corrected chi connectivity index (χ3v) is 26.0. The highest BCUT2D eigenvalue weighted by Gasteiger charge is 2.62. The molecule has 5 aromatic rings. The molecule has 10 amide bonds. The van der Waals surface area contributed by atoms with E-state index in [2.05, 4.69) is 31.5 Å². The van der Waals surface area contributed by atoms with Gasteiger partial charge in [0.2, 0.25) is 59.1 Å². The number of aromatic nitrogens is 5. The summed E-state index contributed by atoms with van der Waals surface area (Å²) in [6.07, 6.45) is 5.08. The summed E-state index contributed by atoms with van der Waals surface area (Å²) < 4.78 is 8.71. The highest BCUT2D eigenvalue weighted by molar-refractivity contribution is 8.04.